The maximum absolute atomic E-state index is 12.6. The van der Waals surface area contributed by atoms with Crippen LogP contribution in [0.4, 0.5) is 0 Å². The molecule has 138 valence electrons. The van der Waals surface area contributed by atoms with Crippen LogP contribution in [-0.4, -0.2) is 51.7 Å². The molecule has 2 bridgehead atoms. The number of carbonyl (C=O) groups is 1. The molecular formula is C20H19N3O4. The topological polar surface area (TPSA) is 85.6 Å². The first kappa shape index (κ1) is 16.4. The number of nitrogens with zero attached hydrogens (tertiary/aromatic N) is 2. The van der Waals surface area contributed by atoms with Crippen LogP contribution in [-0.2, 0) is 9.47 Å². The van der Waals surface area contributed by atoms with Gasteiger partial charge in [0.1, 0.15) is 18.2 Å². The van der Waals surface area contributed by atoms with Gasteiger partial charge in [0.2, 0.25) is 0 Å². The van der Waals surface area contributed by atoms with Crippen LogP contribution >= 0.6 is 0 Å². The summed E-state index contributed by atoms with van der Waals surface area (Å²) < 4.78 is 13.6. The number of aliphatic hydroxyl groups is 1. The Labute approximate surface area is 155 Å². The first-order chi connectivity index (χ1) is 13.2. The van der Waals surface area contributed by atoms with E-state index in [1.165, 1.54) is 0 Å². The van der Waals surface area contributed by atoms with E-state index in [4.69, 9.17) is 9.47 Å². The SMILES string of the molecule is O=C(NC1C2COC(O2)C(n2cnc3ccccc32)C1O)c1ccccc1. The monoisotopic (exact) mass is 365 g/mol. The zero-order valence-corrected chi connectivity index (χ0v) is 14.4. The molecule has 2 N–H and O–H groups in total. The van der Waals surface area contributed by atoms with E-state index in [0.717, 1.165) is 11.0 Å². The summed E-state index contributed by atoms with van der Waals surface area (Å²) in [6, 6.07) is 15.5. The second-order valence-corrected chi connectivity index (χ2v) is 6.86. The Balaban J connectivity index is 1.46. The van der Waals surface area contributed by atoms with Crippen molar-refractivity contribution >= 4 is 16.9 Å². The van der Waals surface area contributed by atoms with Gasteiger partial charge < -0.3 is 24.5 Å². The van der Waals surface area contributed by atoms with Crippen LogP contribution in [0, 0.1) is 0 Å². The summed E-state index contributed by atoms with van der Waals surface area (Å²) in [5, 5.41) is 14.0. The molecule has 2 aliphatic heterocycles. The summed E-state index contributed by atoms with van der Waals surface area (Å²) in [7, 11) is 0. The second kappa shape index (κ2) is 6.45. The number of amides is 1. The number of ether oxygens (including phenoxy) is 2. The third kappa shape index (κ3) is 2.71. The van der Waals surface area contributed by atoms with Crippen molar-refractivity contribution in [2.75, 3.05) is 6.61 Å². The van der Waals surface area contributed by atoms with Crippen LogP contribution in [0.15, 0.2) is 60.9 Å². The molecule has 1 aromatic heterocycles. The van der Waals surface area contributed by atoms with Gasteiger partial charge in [0, 0.05) is 5.56 Å². The van der Waals surface area contributed by atoms with Gasteiger partial charge in [0.15, 0.2) is 6.29 Å². The Bertz CT molecular complexity index is 974. The Kier molecular flexibility index (Phi) is 3.93. The number of benzene rings is 2. The third-order valence-electron chi connectivity index (χ3n) is 5.27. The van der Waals surface area contributed by atoms with E-state index >= 15 is 0 Å². The van der Waals surface area contributed by atoms with E-state index in [9.17, 15) is 9.90 Å². The Hall–Kier alpha value is -2.74. The van der Waals surface area contributed by atoms with Crippen molar-refractivity contribution in [3.63, 3.8) is 0 Å². The number of hydrogen-bond donors (Lipinski definition) is 2. The van der Waals surface area contributed by atoms with Crippen LogP contribution in [0.5, 0.6) is 0 Å². The molecule has 7 heteroatoms. The van der Waals surface area contributed by atoms with Crippen molar-refractivity contribution in [3.8, 4) is 0 Å². The average molecular weight is 365 g/mol. The third-order valence-corrected chi connectivity index (χ3v) is 5.27. The lowest BCUT2D eigenvalue weighted by Gasteiger charge is -2.39. The number of aliphatic hydroxyl groups excluding tert-OH is 1. The molecule has 27 heavy (non-hydrogen) atoms. The number of hydrogen-bond acceptors (Lipinski definition) is 5. The van der Waals surface area contributed by atoms with Crippen molar-refractivity contribution in [1.29, 1.82) is 0 Å². The molecule has 2 fully saturated rings. The first-order valence-electron chi connectivity index (χ1n) is 8.95. The minimum Gasteiger partial charge on any atom is -0.388 e. The number of fused-ring (bicyclic) bond motifs is 3. The highest BCUT2D eigenvalue weighted by Crippen LogP contribution is 2.37. The van der Waals surface area contributed by atoms with Gasteiger partial charge in [-0.1, -0.05) is 30.3 Å². The minimum absolute atomic E-state index is 0.247. The summed E-state index contributed by atoms with van der Waals surface area (Å²) in [6.07, 6.45) is -0.155. The van der Waals surface area contributed by atoms with Crippen molar-refractivity contribution in [2.45, 2.75) is 30.6 Å². The van der Waals surface area contributed by atoms with Crippen molar-refractivity contribution in [2.24, 2.45) is 0 Å². The number of nitrogens with one attached hydrogen (secondary N) is 1. The molecule has 0 spiro atoms. The molecular weight excluding hydrogens is 346 g/mol. The minimum atomic E-state index is -0.874. The fourth-order valence-corrected chi connectivity index (χ4v) is 3.92. The molecule has 0 radical (unpaired) electrons. The highest BCUT2D eigenvalue weighted by atomic mass is 16.7. The van der Waals surface area contributed by atoms with E-state index in [1.54, 1.807) is 30.6 Å². The van der Waals surface area contributed by atoms with E-state index in [2.05, 4.69) is 10.3 Å². The molecule has 7 nitrogen and oxygen atoms in total. The second-order valence-electron chi connectivity index (χ2n) is 6.86. The molecule has 5 atom stereocenters. The average Bonchev–Trinajstić information content (AvgIpc) is 3.32. The Morgan fingerprint density at radius 3 is 2.78 bits per heavy atom. The van der Waals surface area contributed by atoms with E-state index in [1.807, 2.05) is 34.9 Å². The summed E-state index contributed by atoms with van der Waals surface area (Å²) in [6.45, 7) is 0.324. The number of rotatable bonds is 3. The molecule has 5 unspecified atom stereocenters. The number of imidazole rings is 1. The lowest BCUT2D eigenvalue weighted by atomic mass is 9.95. The maximum Gasteiger partial charge on any atom is 0.251 e. The summed E-state index contributed by atoms with van der Waals surface area (Å²) in [5.41, 5.74) is 2.25. The van der Waals surface area contributed by atoms with Crippen LogP contribution in [0.1, 0.15) is 16.4 Å². The van der Waals surface area contributed by atoms with Gasteiger partial charge in [-0.15, -0.1) is 0 Å². The maximum atomic E-state index is 12.6. The normalized spacial score (nSPS) is 29.7. The molecule has 2 saturated heterocycles. The lowest BCUT2D eigenvalue weighted by Crippen LogP contribution is -2.58. The Morgan fingerprint density at radius 1 is 1.15 bits per heavy atom. The lowest BCUT2D eigenvalue weighted by molar-refractivity contribution is -0.162. The van der Waals surface area contributed by atoms with Gasteiger partial charge in [-0.2, -0.15) is 0 Å². The number of para-hydroxylation sites is 2. The van der Waals surface area contributed by atoms with Crippen LogP contribution in [0.3, 0.4) is 0 Å². The van der Waals surface area contributed by atoms with Gasteiger partial charge in [0.05, 0.1) is 30.0 Å². The molecule has 1 amide bonds. The molecule has 0 aliphatic carbocycles. The molecule has 3 heterocycles. The zero-order chi connectivity index (χ0) is 18.4. The highest BCUT2D eigenvalue weighted by Gasteiger charge is 2.51. The summed E-state index contributed by atoms with van der Waals surface area (Å²) in [4.78, 5) is 17.0. The first-order valence-corrected chi connectivity index (χ1v) is 8.95. The molecule has 2 aliphatic rings. The van der Waals surface area contributed by atoms with Gasteiger partial charge in [-0.25, -0.2) is 4.98 Å². The number of aromatic nitrogens is 2. The van der Waals surface area contributed by atoms with Crippen LogP contribution in [0.2, 0.25) is 0 Å². The van der Waals surface area contributed by atoms with E-state index in [0.29, 0.717) is 12.2 Å². The van der Waals surface area contributed by atoms with Crippen LogP contribution < -0.4 is 5.32 Å². The van der Waals surface area contributed by atoms with Gasteiger partial charge in [0.25, 0.3) is 5.91 Å². The molecule has 2 aromatic carbocycles. The van der Waals surface area contributed by atoms with Crippen molar-refractivity contribution < 1.29 is 19.4 Å². The zero-order valence-electron chi connectivity index (χ0n) is 14.4. The fourth-order valence-electron chi connectivity index (χ4n) is 3.92. The van der Waals surface area contributed by atoms with E-state index in [-0.39, 0.29) is 12.0 Å². The van der Waals surface area contributed by atoms with Crippen LogP contribution in [0.25, 0.3) is 11.0 Å². The van der Waals surface area contributed by atoms with Gasteiger partial charge >= 0.3 is 0 Å². The summed E-state index contributed by atoms with van der Waals surface area (Å²) in [5.74, 6) is -0.247. The fraction of sp³-hybridized carbons (Fsp3) is 0.300. The Morgan fingerprint density at radius 2 is 1.93 bits per heavy atom. The quantitative estimate of drug-likeness (QED) is 0.735. The van der Waals surface area contributed by atoms with Crippen molar-refractivity contribution in [3.05, 3.63) is 66.5 Å². The van der Waals surface area contributed by atoms with Gasteiger partial charge in [-0.3, -0.25) is 4.79 Å². The predicted octanol–water partition coefficient (Wildman–Crippen LogP) is 1.49. The molecule has 0 saturated carbocycles. The highest BCUT2D eigenvalue weighted by molar-refractivity contribution is 5.94. The van der Waals surface area contributed by atoms with E-state index < -0.39 is 24.5 Å². The molecule has 3 aromatic rings. The van der Waals surface area contributed by atoms with Gasteiger partial charge in [-0.05, 0) is 24.3 Å². The summed E-state index contributed by atoms with van der Waals surface area (Å²) >= 11 is 0. The smallest absolute Gasteiger partial charge is 0.251 e. The molecule has 5 rings (SSSR count). The number of carbonyl (C=O) groups excluding carboxylic acids is 1. The standard InChI is InChI=1S/C20H19N3O4/c24-18-16(22-19(25)12-6-2-1-3-7-12)15-10-26-20(27-15)17(18)23-11-21-13-8-4-5-9-14(13)23/h1-9,11,15-18,20,24H,10H2,(H,22,25). The van der Waals surface area contributed by atoms with Crippen molar-refractivity contribution in [1.82, 2.24) is 14.9 Å². The largest absolute Gasteiger partial charge is 0.388 e. The predicted molar refractivity (Wildman–Crippen MR) is 97.1 cm³/mol.